The average molecular weight is 691 g/mol. The summed E-state index contributed by atoms with van der Waals surface area (Å²) < 4.78 is 35.4. The molecule has 0 aromatic heterocycles. The highest BCUT2D eigenvalue weighted by Crippen LogP contribution is 2.15. The second-order valence-corrected chi connectivity index (χ2v) is 16.7. The molecule has 0 radical (unpaired) electrons. The molecule has 0 rings (SSSR count). The number of hydrogen-bond donors (Lipinski definition) is 2. The molecule has 0 saturated carbocycles. The fourth-order valence-corrected chi connectivity index (χ4v) is 7.18. The minimum atomic E-state index is -3.28. The van der Waals surface area contributed by atoms with Gasteiger partial charge in [0.2, 0.25) is 0 Å². The van der Waals surface area contributed by atoms with E-state index in [1.165, 1.54) is 154 Å². The van der Waals surface area contributed by atoms with E-state index in [1.54, 1.807) is 0 Å². The Morgan fingerprint density at radius 3 is 0.894 bits per heavy atom. The van der Waals surface area contributed by atoms with Crippen molar-refractivity contribution in [3.63, 3.8) is 0 Å². The Labute approximate surface area is 293 Å². The van der Waals surface area contributed by atoms with E-state index in [0.29, 0.717) is 12.8 Å². The lowest BCUT2D eigenvalue weighted by atomic mass is 10.0. The Bertz CT molecular complexity index is 649. The fraction of sp³-hybridized carbons (Fsp3) is 1.00. The Morgan fingerprint density at radius 1 is 0.404 bits per heavy atom. The van der Waals surface area contributed by atoms with Gasteiger partial charge in [-0.3, -0.25) is 0 Å². The van der Waals surface area contributed by atoms with Crippen molar-refractivity contribution in [2.75, 3.05) is 37.9 Å². The molecule has 0 heterocycles. The maximum Gasteiger partial charge on any atom is 0.154 e. The summed E-state index contributed by atoms with van der Waals surface area (Å²) in [5, 5.41) is 20.3. The first-order chi connectivity index (χ1) is 22.9. The molecule has 0 aromatic rings. The average Bonchev–Trinajstić information content (AvgIpc) is 3.05. The highest BCUT2D eigenvalue weighted by Gasteiger charge is 2.13. The van der Waals surface area contributed by atoms with Crippen LogP contribution in [0.15, 0.2) is 0 Å². The van der Waals surface area contributed by atoms with Gasteiger partial charge in [0, 0.05) is 0 Å². The van der Waals surface area contributed by atoms with E-state index < -0.39 is 22.0 Å². The predicted octanol–water partition coefficient (Wildman–Crippen LogP) is 10.9. The van der Waals surface area contributed by atoms with Crippen molar-refractivity contribution in [2.45, 2.75) is 219 Å². The molecule has 2 N–H and O–H groups in total. The van der Waals surface area contributed by atoms with E-state index in [2.05, 4.69) is 13.8 Å². The Balaban J connectivity index is 3.47. The van der Waals surface area contributed by atoms with Gasteiger partial charge in [-0.2, -0.15) is 0 Å². The zero-order valence-electron chi connectivity index (χ0n) is 31.5. The van der Waals surface area contributed by atoms with Crippen LogP contribution in [0, 0.1) is 0 Å². The number of aliphatic hydroxyl groups excluding tert-OH is 2. The molecule has 0 amide bonds. The molecule has 0 fully saturated rings. The smallest absolute Gasteiger partial charge is 0.154 e. The van der Waals surface area contributed by atoms with Crippen molar-refractivity contribution in [3.05, 3.63) is 0 Å². The van der Waals surface area contributed by atoms with Crippen molar-refractivity contribution in [2.24, 2.45) is 0 Å². The highest BCUT2D eigenvalue weighted by molar-refractivity contribution is 7.91. The van der Waals surface area contributed by atoms with Crippen LogP contribution in [-0.4, -0.2) is 68.8 Å². The molecule has 2 unspecified atom stereocenters. The Kier molecular flexibility index (Phi) is 36.9. The van der Waals surface area contributed by atoms with Crippen LogP contribution in [0.2, 0.25) is 0 Å². The summed E-state index contributed by atoms with van der Waals surface area (Å²) >= 11 is 0. The minimum Gasteiger partial charge on any atom is -0.391 e. The molecule has 47 heavy (non-hydrogen) atoms. The molecule has 2 atom stereocenters. The minimum absolute atomic E-state index is 0.0659. The number of sulfone groups is 1. The van der Waals surface area contributed by atoms with Crippen molar-refractivity contribution < 1.29 is 28.1 Å². The summed E-state index contributed by atoms with van der Waals surface area (Å²) in [6.45, 7) is 5.11. The third-order valence-corrected chi connectivity index (χ3v) is 11.1. The zero-order valence-corrected chi connectivity index (χ0v) is 32.4. The lowest BCUT2D eigenvalue weighted by Gasteiger charge is -2.12. The molecule has 0 aliphatic heterocycles. The highest BCUT2D eigenvalue weighted by atomic mass is 32.2. The van der Waals surface area contributed by atoms with Gasteiger partial charge in [-0.15, -0.1) is 0 Å². The number of hydrogen-bond acceptors (Lipinski definition) is 6. The Hall–Kier alpha value is -0.210. The third-order valence-electron chi connectivity index (χ3n) is 9.48. The summed E-state index contributed by atoms with van der Waals surface area (Å²) in [6.07, 6.45) is 37.1. The number of rotatable bonds is 40. The van der Waals surface area contributed by atoms with E-state index in [-0.39, 0.29) is 37.9 Å². The standard InChI is InChI=1S/C40H82O6S/c1-3-5-7-9-11-13-15-17-19-21-23-25-27-29-31-39(41)37-45-33-35-47(43,44)36-34-46-38-40(42)32-30-28-26-24-22-20-18-16-14-12-10-8-6-4-2/h39-42H,3-38H2,1-2H3. The van der Waals surface area contributed by atoms with Gasteiger partial charge in [0.1, 0.15) is 0 Å². The van der Waals surface area contributed by atoms with E-state index in [1.807, 2.05) is 0 Å². The van der Waals surface area contributed by atoms with Gasteiger partial charge in [0.15, 0.2) is 9.84 Å². The third kappa shape index (κ3) is 38.4. The van der Waals surface area contributed by atoms with Crippen molar-refractivity contribution in [1.29, 1.82) is 0 Å². The maximum absolute atomic E-state index is 12.3. The monoisotopic (exact) mass is 691 g/mol. The zero-order chi connectivity index (χ0) is 34.5. The number of aliphatic hydroxyl groups is 2. The van der Waals surface area contributed by atoms with Crippen LogP contribution in [0.4, 0.5) is 0 Å². The molecule has 7 heteroatoms. The summed E-state index contributed by atoms with van der Waals surface area (Å²) in [4.78, 5) is 0. The van der Waals surface area contributed by atoms with E-state index in [0.717, 1.165) is 25.7 Å². The summed E-state index contributed by atoms with van der Waals surface area (Å²) in [6, 6.07) is 0. The van der Waals surface area contributed by atoms with Gasteiger partial charge in [-0.05, 0) is 12.8 Å². The lowest BCUT2D eigenvalue weighted by Crippen LogP contribution is -2.23. The second-order valence-electron chi connectivity index (χ2n) is 14.4. The van der Waals surface area contributed by atoms with Crippen LogP contribution >= 0.6 is 0 Å². The molecule has 0 aliphatic rings. The predicted molar refractivity (Wildman–Crippen MR) is 202 cm³/mol. The number of unbranched alkanes of at least 4 members (excludes halogenated alkanes) is 26. The van der Waals surface area contributed by atoms with E-state index in [4.69, 9.17) is 9.47 Å². The molecule has 0 aromatic carbocycles. The first-order valence-electron chi connectivity index (χ1n) is 20.6. The van der Waals surface area contributed by atoms with Gasteiger partial charge in [-0.25, -0.2) is 8.42 Å². The fourth-order valence-electron chi connectivity index (χ4n) is 6.23. The van der Waals surface area contributed by atoms with Gasteiger partial charge < -0.3 is 19.7 Å². The molecular weight excluding hydrogens is 609 g/mol. The maximum atomic E-state index is 12.3. The van der Waals surface area contributed by atoms with Crippen LogP contribution in [0.3, 0.4) is 0 Å². The van der Waals surface area contributed by atoms with E-state index in [9.17, 15) is 18.6 Å². The van der Waals surface area contributed by atoms with Gasteiger partial charge >= 0.3 is 0 Å². The van der Waals surface area contributed by atoms with E-state index >= 15 is 0 Å². The van der Waals surface area contributed by atoms with Gasteiger partial charge in [0.05, 0.1) is 50.1 Å². The number of ether oxygens (including phenoxy) is 2. The molecular formula is C40H82O6S. The van der Waals surface area contributed by atoms with Crippen molar-refractivity contribution >= 4 is 9.84 Å². The topological polar surface area (TPSA) is 93.1 Å². The van der Waals surface area contributed by atoms with Crippen LogP contribution < -0.4 is 0 Å². The summed E-state index contributed by atoms with van der Waals surface area (Å²) in [5.41, 5.74) is 0. The molecule has 0 bridgehead atoms. The SMILES string of the molecule is CCCCCCCCCCCCCCCCC(O)COCCS(=O)(=O)CCOCC(O)CCCCCCCCCCCCCCCC. The quantitative estimate of drug-likeness (QED) is 0.0622. The molecule has 0 aliphatic carbocycles. The Morgan fingerprint density at radius 2 is 0.638 bits per heavy atom. The summed E-state index contributed by atoms with van der Waals surface area (Å²) in [5.74, 6) is -0.132. The second kappa shape index (κ2) is 37.1. The lowest BCUT2D eigenvalue weighted by molar-refractivity contribution is 0.0359. The largest absolute Gasteiger partial charge is 0.391 e. The first-order valence-corrected chi connectivity index (χ1v) is 22.5. The molecule has 0 saturated heterocycles. The van der Waals surface area contributed by atoms with Crippen molar-refractivity contribution in [3.8, 4) is 0 Å². The van der Waals surface area contributed by atoms with Gasteiger partial charge in [0.25, 0.3) is 0 Å². The van der Waals surface area contributed by atoms with Crippen molar-refractivity contribution in [1.82, 2.24) is 0 Å². The normalized spacial score (nSPS) is 13.4. The summed E-state index contributed by atoms with van der Waals surface area (Å²) in [7, 11) is -3.28. The van der Waals surface area contributed by atoms with Crippen LogP contribution in [0.1, 0.15) is 206 Å². The van der Waals surface area contributed by atoms with Gasteiger partial charge in [-0.1, -0.05) is 194 Å². The van der Waals surface area contributed by atoms with Crippen LogP contribution in [0.25, 0.3) is 0 Å². The molecule has 284 valence electrons. The van der Waals surface area contributed by atoms with Crippen LogP contribution in [0.5, 0.6) is 0 Å². The molecule has 0 spiro atoms. The molecule has 6 nitrogen and oxygen atoms in total. The van der Waals surface area contributed by atoms with Crippen LogP contribution in [-0.2, 0) is 19.3 Å². The first kappa shape index (κ1) is 46.8.